The van der Waals surface area contributed by atoms with Crippen molar-refractivity contribution in [1.82, 2.24) is 10.6 Å². The molecule has 31 heavy (non-hydrogen) atoms. The number of unbranched alkanes of at least 4 members (excludes halogenated alkanes) is 20. The van der Waals surface area contributed by atoms with Gasteiger partial charge in [0, 0.05) is 13.1 Å². The summed E-state index contributed by atoms with van der Waals surface area (Å²) in [7, 11) is 0. The van der Waals surface area contributed by atoms with Crippen LogP contribution in [0.3, 0.4) is 0 Å². The van der Waals surface area contributed by atoms with Crippen molar-refractivity contribution in [3.05, 3.63) is 0 Å². The third kappa shape index (κ3) is 27.2. The standard InChI is InChI=1S/C27H57N3O/c1-2-3-4-5-6-7-8-9-10-11-12-13-14-16-19-22-25-29-27(31)30-26-23-20-17-15-18-21-24-28/h2-26,28H2,1H3,(H2,29,30,31). The van der Waals surface area contributed by atoms with Gasteiger partial charge in [0.25, 0.3) is 0 Å². The van der Waals surface area contributed by atoms with Crippen LogP contribution in [0.5, 0.6) is 0 Å². The number of carbonyl (C=O) groups is 1. The van der Waals surface area contributed by atoms with Crippen LogP contribution in [0.4, 0.5) is 4.79 Å². The summed E-state index contributed by atoms with van der Waals surface area (Å²) in [5.74, 6) is 0. The van der Waals surface area contributed by atoms with Gasteiger partial charge in [0.15, 0.2) is 0 Å². The predicted molar refractivity (Wildman–Crippen MR) is 138 cm³/mol. The summed E-state index contributed by atoms with van der Waals surface area (Å²) < 4.78 is 0. The Kier molecular flexibility index (Phi) is 26.6. The largest absolute Gasteiger partial charge is 0.338 e. The molecular weight excluding hydrogens is 382 g/mol. The summed E-state index contributed by atoms with van der Waals surface area (Å²) in [6.07, 6.45) is 29.3. The van der Waals surface area contributed by atoms with Gasteiger partial charge in [-0.1, -0.05) is 129 Å². The third-order valence-electron chi connectivity index (χ3n) is 6.23. The van der Waals surface area contributed by atoms with E-state index in [0.29, 0.717) is 0 Å². The Hall–Kier alpha value is -0.770. The van der Waals surface area contributed by atoms with E-state index >= 15 is 0 Å². The lowest BCUT2D eigenvalue weighted by Gasteiger charge is -2.08. The first-order chi connectivity index (χ1) is 15.3. The number of hydrogen-bond donors (Lipinski definition) is 3. The van der Waals surface area contributed by atoms with Crippen molar-refractivity contribution in [3.63, 3.8) is 0 Å². The highest BCUT2D eigenvalue weighted by Crippen LogP contribution is 2.13. The van der Waals surface area contributed by atoms with Crippen LogP contribution in [-0.4, -0.2) is 25.7 Å². The van der Waals surface area contributed by atoms with Gasteiger partial charge in [-0.3, -0.25) is 0 Å². The molecule has 0 heterocycles. The summed E-state index contributed by atoms with van der Waals surface area (Å²) in [4.78, 5) is 11.7. The molecule has 0 aromatic heterocycles. The van der Waals surface area contributed by atoms with E-state index in [4.69, 9.17) is 5.73 Å². The number of amides is 2. The molecule has 4 nitrogen and oxygen atoms in total. The van der Waals surface area contributed by atoms with Gasteiger partial charge in [0.2, 0.25) is 0 Å². The first kappa shape index (κ1) is 30.2. The molecule has 0 aromatic rings. The highest BCUT2D eigenvalue weighted by molar-refractivity contribution is 5.73. The molecule has 0 bridgehead atoms. The summed E-state index contributed by atoms with van der Waals surface area (Å²) in [6, 6.07) is 0.00379. The second-order valence-corrected chi connectivity index (χ2v) is 9.40. The first-order valence-electron chi connectivity index (χ1n) is 14.0. The molecule has 0 aliphatic heterocycles. The Morgan fingerprint density at radius 3 is 1.10 bits per heavy atom. The summed E-state index contributed by atoms with van der Waals surface area (Å²) >= 11 is 0. The van der Waals surface area contributed by atoms with Gasteiger partial charge in [-0.15, -0.1) is 0 Å². The van der Waals surface area contributed by atoms with Crippen molar-refractivity contribution in [2.45, 2.75) is 148 Å². The van der Waals surface area contributed by atoms with Crippen molar-refractivity contribution < 1.29 is 4.79 Å². The number of hydrogen-bond acceptors (Lipinski definition) is 2. The number of carbonyl (C=O) groups excluding carboxylic acids is 1. The Morgan fingerprint density at radius 2 is 0.774 bits per heavy atom. The highest BCUT2D eigenvalue weighted by Gasteiger charge is 1.99. The van der Waals surface area contributed by atoms with Crippen LogP contribution in [0, 0.1) is 0 Å². The predicted octanol–water partition coefficient (Wildman–Crippen LogP) is 7.85. The topological polar surface area (TPSA) is 67.2 Å². The summed E-state index contributed by atoms with van der Waals surface area (Å²) in [5.41, 5.74) is 5.49. The molecule has 0 aliphatic rings. The van der Waals surface area contributed by atoms with E-state index in [1.165, 1.54) is 122 Å². The van der Waals surface area contributed by atoms with Crippen molar-refractivity contribution >= 4 is 6.03 Å². The smallest absolute Gasteiger partial charge is 0.314 e. The van der Waals surface area contributed by atoms with Crippen molar-refractivity contribution in [3.8, 4) is 0 Å². The van der Waals surface area contributed by atoms with E-state index in [1.54, 1.807) is 0 Å². The van der Waals surface area contributed by atoms with Crippen molar-refractivity contribution in [1.29, 1.82) is 0 Å². The Labute approximate surface area is 195 Å². The van der Waals surface area contributed by atoms with Gasteiger partial charge >= 0.3 is 6.03 Å². The molecule has 0 fully saturated rings. The van der Waals surface area contributed by atoms with Gasteiger partial charge in [0.05, 0.1) is 0 Å². The van der Waals surface area contributed by atoms with E-state index in [9.17, 15) is 4.79 Å². The highest BCUT2D eigenvalue weighted by atomic mass is 16.2. The first-order valence-corrected chi connectivity index (χ1v) is 14.0. The zero-order chi connectivity index (χ0) is 22.7. The van der Waals surface area contributed by atoms with Crippen LogP contribution in [0.15, 0.2) is 0 Å². The Bertz CT molecular complexity index is 349. The van der Waals surface area contributed by atoms with E-state index in [2.05, 4.69) is 17.6 Å². The molecule has 0 aromatic carbocycles. The Balaban J connectivity index is 3.11. The third-order valence-corrected chi connectivity index (χ3v) is 6.23. The maximum atomic E-state index is 11.7. The van der Waals surface area contributed by atoms with Gasteiger partial charge in [-0.25, -0.2) is 4.79 Å². The molecule has 0 saturated carbocycles. The van der Waals surface area contributed by atoms with Gasteiger partial charge < -0.3 is 16.4 Å². The van der Waals surface area contributed by atoms with Crippen molar-refractivity contribution in [2.24, 2.45) is 5.73 Å². The SMILES string of the molecule is CCCCCCCCCCCCCCCCCCNC(=O)NCCCCCCCCN. The minimum absolute atomic E-state index is 0.00379. The normalized spacial score (nSPS) is 11.0. The second-order valence-electron chi connectivity index (χ2n) is 9.40. The molecule has 0 saturated heterocycles. The van der Waals surface area contributed by atoms with Gasteiger partial charge in [-0.2, -0.15) is 0 Å². The molecule has 0 rings (SSSR count). The van der Waals surface area contributed by atoms with Crippen molar-refractivity contribution in [2.75, 3.05) is 19.6 Å². The number of nitrogens with one attached hydrogen (secondary N) is 2. The molecule has 0 radical (unpaired) electrons. The zero-order valence-corrected chi connectivity index (χ0v) is 21.2. The van der Waals surface area contributed by atoms with Crippen LogP contribution in [0.25, 0.3) is 0 Å². The van der Waals surface area contributed by atoms with E-state index < -0.39 is 0 Å². The minimum Gasteiger partial charge on any atom is -0.338 e. The van der Waals surface area contributed by atoms with Crippen LogP contribution in [0.1, 0.15) is 148 Å². The zero-order valence-electron chi connectivity index (χ0n) is 21.2. The summed E-state index contributed by atoms with van der Waals surface area (Å²) in [6.45, 7) is 4.70. The molecular formula is C27H57N3O. The Morgan fingerprint density at radius 1 is 0.484 bits per heavy atom. The molecule has 4 heteroatoms. The lowest BCUT2D eigenvalue weighted by Crippen LogP contribution is -2.36. The summed E-state index contributed by atoms with van der Waals surface area (Å²) in [5, 5.41) is 5.96. The fraction of sp³-hybridized carbons (Fsp3) is 0.963. The second kappa shape index (κ2) is 27.3. The van der Waals surface area contributed by atoms with Gasteiger partial charge in [-0.05, 0) is 25.8 Å². The average Bonchev–Trinajstić information content (AvgIpc) is 2.77. The lowest BCUT2D eigenvalue weighted by molar-refractivity contribution is 0.240. The molecule has 0 atom stereocenters. The lowest BCUT2D eigenvalue weighted by atomic mass is 10.0. The quantitative estimate of drug-likeness (QED) is 0.127. The van der Waals surface area contributed by atoms with Crippen LogP contribution in [0.2, 0.25) is 0 Å². The molecule has 0 aliphatic carbocycles. The van der Waals surface area contributed by atoms with E-state index in [-0.39, 0.29) is 6.03 Å². The fourth-order valence-corrected chi connectivity index (χ4v) is 4.12. The number of nitrogens with two attached hydrogens (primary N) is 1. The molecule has 2 amide bonds. The van der Waals surface area contributed by atoms with Crippen LogP contribution >= 0.6 is 0 Å². The van der Waals surface area contributed by atoms with Gasteiger partial charge in [0.1, 0.15) is 0 Å². The average molecular weight is 440 g/mol. The van der Waals surface area contributed by atoms with E-state index in [1.807, 2.05) is 0 Å². The number of urea groups is 1. The fourth-order valence-electron chi connectivity index (χ4n) is 4.12. The monoisotopic (exact) mass is 439 g/mol. The van der Waals surface area contributed by atoms with Crippen LogP contribution in [-0.2, 0) is 0 Å². The van der Waals surface area contributed by atoms with Crippen LogP contribution < -0.4 is 16.4 Å². The maximum Gasteiger partial charge on any atom is 0.314 e. The molecule has 0 unspecified atom stereocenters. The minimum atomic E-state index is 0.00379. The van der Waals surface area contributed by atoms with E-state index in [0.717, 1.165) is 38.9 Å². The maximum absolute atomic E-state index is 11.7. The number of rotatable bonds is 25. The molecule has 4 N–H and O–H groups in total. The molecule has 0 spiro atoms. The molecule has 186 valence electrons.